The molecule has 6 nitrogen and oxygen atoms in total. The fraction of sp³-hybridized carbons (Fsp3) is 0.708. The lowest BCUT2D eigenvalue weighted by molar-refractivity contribution is -0.166. The summed E-state index contributed by atoms with van der Waals surface area (Å²) in [6.07, 6.45) is 78.4. The molecule has 1 atom stereocenters. The standard InChI is InChI=1S/C65H110O6/c1-4-7-10-13-16-19-22-25-28-31-32-35-37-40-43-46-49-52-55-58-64(67)70-61-62(71-65(68)59-56-53-50-47-44-41-38-34-30-27-24-21-18-15-12-9-6-3)60-69-63(66)57-54-51-48-45-42-39-36-33-29-26-23-20-17-14-11-8-5-2/h7,10,16,19,25-30,32,35,40,43,49,52,62H,4-6,8-9,11-15,17-18,20-24,31,33-34,36-39,41-42,44-48,50-51,53-61H2,1-3H3/b10-7+,19-16+,28-25+,29-26+,30-27+,35-32+,43-40+,52-49+/t62-/m1/s1. The summed E-state index contributed by atoms with van der Waals surface area (Å²) in [7, 11) is 0. The van der Waals surface area contributed by atoms with E-state index in [-0.39, 0.29) is 37.5 Å². The molecule has 0 N–H and O–H groups in total. The minimum absolute atomic E-state index is 0.105. The summed E-state index contributed by atoms with van der Waals surface area (Å²) in [6.45, 7) is 6.46. The summed E-state index contributed by atoms with van der Waals surface area (Å²) in [4.78, 5) is 38.2. The van der Waals surface area contributed by atoms with Gasteiger partial charge in [-0.25, -0.2) is 0 Å². The molecule has 0 spiro atoms. The quantitative estimate of drug-likeness (QED) is 0.0261. The normalized spacial score (nSPS) is 12.8. The van der Waals surface area contributed by atoms with Gasteiger partial charge in [0.05, 0.1) is 0 Å². The van der Waals surface area contributed by atoms with Crippen molar-refractivity contribution in [1.29, 1.82) is 0 Å². The molecular formula is C65H110O6. The maximum absolute atomic E-state index is 12.9. The van der Waals surface area contributed by atoms with Gasteiger partial charge in [-0.3, -0.25) is 14.4 Å². The third-order valence-corrected chi connectivity index (χ3v) is 12.6. The Morgan fingerprint density at radius 1 is 0.296 bits per heavy atom. The van der Waals surface area contributed by atoms with E-state index in [1.54, 1.807) is 0 Å². The van der Waals surface area contributed by atoms with Gasteiger partial charge in [0, 0.05) is 19.3 Å². The number of carbonyl (C=O) groups is 3. The Morgan fingerprint density at radius 2 is 0.577 bits per heavy atom. The van der Waals surface area contributed by atoms with E-state index in [1.165, 1.54) is 154 Å². The molecule has 0 aliphatic rings. The molecule has 0 saturated heterocycles. The van der Waals surface area contributed by atoms with Crippen LogP contribution in [0.5, 0.6) is 0 Å². The lowest BCUT2D eigenvalue weighted by Gasteiger charge is -2.18. The van der Waals surface area contributed by atoms with Crippen molar-refractivity contribution in [3.8, 4) is 0 Å². The van der Waals surface area contributed by atoms with Crippen LogP contribution in [0.2, 0.25) is 0 Å². The topological polar surface area (TPSA) is 78.9 Å². The fourth-order valence-corrected chi connectivity index (χ4v) is 8.11. The van der Waals surface area contributed by atoms with Crippen LogP contribution in [0, 0.1) is 0 Å². The van der Waals surface area contributed by atoms with Crippen molar-refractivity contribution in [2.24, 2.45) is 0 Å². The van der Waals surface area contributed by atoms with Gasteiger partial charge < -0.3 is 14.2 Å². The highest BCUT2D eigenvalue weighted by atomic mass is 16.6. The molecule has 71 heavy (non-hydrogen) atoms. The second-order valence-electron chi connectivity index (χ2n) is 19.5. The minimum atomic E-state index is -0.813. The van der Waals surface area contributed by atoms with E-state index in [4.69, 9.17) is 14.2 Å². The van der Waals surface area contributed by atoms with E-state index in [2.05, 4.69) is 112 Å². The lowest BCUT2D eigenvalue weighted by Crippen LogP contribution is -2.30. The maximum atomic E-state index is 12.9. The molecule has 0 aliphatic heterocycles. The average molecular weight is 988 g/mol. The van der Waals surface area contributed by atoms with Crippen LogP contribution in [0.3, 0.4) is 0 Å². The first-order chi connectivity index (χ1) is 35.0. The molecular weight excluding hydrogens is 877 g/mol. The zero-order chi connectivity index (χ0) is 51.4. The molecule has 0 aliphatic carbocycles. The van der Waals surface area contributed by atoms with Crippen LogP contribution in [-0.4, -0.2) is 37.2 Å². The SMILES string of the molecule is CC/C=C/C/C=C/C/C=C/C/C=C/C/C=C/C/C=C/CCC(=O)OC[C@@H](COC(=O)CCCCCCCCC/C=C/CCCCCCCC)OC(=O)CCCCCCCCC/C=C/CCCCCCCC. The van der Waals surface area contributed by atoms with Crippen LogP contribution in [-0.2, 0) is 28.6 Å². The van der Waals surface area contributed by atoms with Crippen LogP contribution in [0.25, 0.3) is 0 Å². The van der Waals surface area contributed by atoms with Crippen molar-refractivity contribution < 1.29 is 28.6 Å². The van der Waals surface area contributed by atoms with Gasteiger partial charge in [-0.1, -0.05) is 246 Å². The molecule has 0 aromatic rings. The summed E-state index contributed by atoms with van der Waals surface area (Å²) in [5.74, 6) is -0.995. The Balaban J connectivity index is 4.50. The molecule has 406 valence electrons. The minimum Gasteiger partial charge on any atom is -0.462 e. The molecule has 0 fully saturated rings. The second-order valence-corrected chi connectivity index (χ2v) is 19.5. The number of esters is 3. The maximum Gasteiger partial charge on any atom is 0.306 e. The highest BCUT2D eigenvalue weighted by molar-refractivity contribution is 5.71. The summed E-state index contributed by atoms with van der Waals surface area (Å²) >= 11 is 0. The lowest BCUT2D eigenvalue weighted by atomic mass is 10.1. The fourth-order valence-electron chi connectivity index (χ4n) is 8.11. The average Bonchev–Trinajstić information content (AvgIpc) is 3.37. The Hall–Kier alpha value is -3.67. The Labute approximate surface area is 438 Å². The van der Waals surface area contributed by atoms with Crippen molar-refractivity contribution in [3.05, 3.63) is 97.2 Å². The van der Waals surface area contributed by atoms with Gasteiger partial charge in [-0.15, -0.1) is 0 Å². The molecule has 0 amide bonds. The number of allylic oxidation sites excluding steroid dienone is 16. The molecule has 6 heteroatoms. The smallest absolute Gasteiger partial charge is 0.306 e. The van der Waals surface area contributed by atoms with Gasteiger partial charge in [0.25, 0.3) is 0 Å². The molecule has 0 rings (SSSR count). The highest BCUT2D eigenvalue weighted by Gasteiger charge is 2.19. The Bertz CT molecular complexity index is 1410. The molecule has 0 aromatic carbocycles. The number of unbranched alkanes of at least 4 members (excludes halogenated alkanes) is 26. The third kappa shape index (κ3) is 57.1. The van der Waals surface area contributed by atoms with E-state index in [0.29, 0.717) is 19.3 Å². The summed E-state index contributed by atoms with van der Waals surface area (Å²) in [6, 6.07) is 0. The van der Waals surface area contributed by atoms with E-state index in [0.717, 1.165) is 77.0 Å². The number of carbonyl (C=O) groups excluding carboxylic acids is 3. The first kappa shape index (κ1) is 67.3. The largest absolute Gasteiger partial charge is 0.462 e. The van der Waals surface area contributed by atoms with Crippen LogP contribution >= 0.6 is 0 Å². The van der Waals surface area contributed by atoms with Crippen molar-refractivity contribution in [3.63, 3.8) is 0 Å². The molecule has 0 aromatic heterocycles. The predicted octanol–water partition coefficient (Wildman–Crippen LogP) is 20.1. The molecule has 0 radical (unpaired) electrons. The van der Waals surface area contributed by atoms with Gasteiger partial charge in [0.2, 0.25) is 0 Å². The van der Waals surface area contributed by atoms with Gasteiger partial charge in [0.1, 0.15) is 13.2 Å². The van der Waals surface area contributed by atoms with Crippen LogP contribution < -0.4 is 0 Å². The van der Waals surface area contributed by atoms with Crippen molar-refractivity contribution in [1.82, 2.24) is 0 Å². The molecule has 0 saturated carbocycles. The van der Waals surface area contributed by atoms with Crippen LogP contribution in [0.4, 0.5) is 0 Å². The Kier molecular flexibility index (Phi) is 55.9. The number of hydrogen-bond acceptors (Lipinski definition) is 6. The van der Waals surface area contributed by atoms with E-state index in [1.807, 2.05) is 6.08 Å². The number of hydrogen-bond donors (Lipinski definition) is 0. The second kappa shape index (κ2) is 58.9. The summed E-state index contributed by atoms with van der Waals surface area (Å²) < 4.78 is 16.8. The first-order valence-corrected chi connectivity index (χ1v) is 29.7. The van der Waals surface area contributed by atoms with Crippen molar-refractivity contribution in [2.45, 2.75) is 284 Å². The van der Waals surface area contributed by atoms with Crippen LogP contribution in [0.1, 0.15) is 278 Å². The zero-order valence-corrected chi connectivity index (χ0v) is 46.5. The van der Waals surface area contributed by atoms with E-state index in [9.17, 15) is 14.4 Å². The van der Waals surface area contributed by atoms with Gasteiger partial charge in [-0.2, -0.15) is 0 Å². The highest BCUT2D eigenvalue weighted by Crippen LogP contribution is 2.15. The third-order valence-electron chi connectivity index (χ3n) is 12.6. The van der Waals surface area contributed by atoms with Crippen molar-refractivity contribution in [2.75, 3.05) is 13.2 Å². The van der Waals surface area contributed by atoms with E-state index < -0.39 is 6.10 Å². The van der Waals surface area contributed by atoms with E-state index >= 15 is 0 Å². The zero-order valence-electron chi connectivity index (χ0n) is 46.5. The molecule has 0 bridgehead atoms. The molecule has 0 heterocycles. The van der Waals surface area contributed by atoms with Crippen molar-refractivity contribution >= 4 is 17.9 Å². The van der Waals surface area contributed by atoms with Gasteiger partial charge >= 0.3 is 17.9 Å². The Morgan fingerprint density at radius 3 is 0.944 bits per heavy atom. The van der Waals surface area contributed by atoms with Gasteiger partial charge in [0.15, 0.2) is 6.10 Å². The molecule has 0 unspecified atom stereocenters. The summed E-state index contributed by atoms with van der Waals surface area (Å²) in [5.41, 5.74) is 0. The predicted molar refractivity (Wildman–Crippen MR) is 307 cm³/mol. The van der Waals surface area contributed by atoms with Crippen LogP contribution in [0.15, 0.2) is 97.2 Å². The van der Waals surface area contributed by atoms with Gasteiger partial charge in [-0.05, 0) is 109 Å². The number of rotatable bonds is 53. The summed E-state index contributed by atoms with van der Waals surface area (Å²) in [5, 5.41) is 0. The first-order valence-electron chi connectivity index (χ1n) is 29.7. The monoisotopic (exact) mass is 987 g/mol. The number of ether oxygens (including phenoxy) is 3.